The molecular formula is C18H21N3O3. The molecule has 1 N–H and O–H groups in total. The number of hydrogen-bond donors (Lipinski definition) is 1. The number of para-hydroxylation sites is 1. The van der Waals surface area contributed by atoms with Gasteiger partial charge in [-0.1, -0.05) is 23.4 Å². The van der Waals surface area contributed by atoms with E-state index in [0.717, 1.165) is 36.5 Å². The Balaban J connectivity index is 1.50. The van der Waals surface area contributed by atoms with Crippen molar-refractivity contribution in [1.29, 1.82) is 0 Å². The molecule has 0 spiro atoms. The minimum absolute atomic E-state index is 0.0497. The quantitative estimate of drug-likeness (QED) is 0.933. The smallest absolute Gasteiger partial charge is 0.276 e. The van der Waals surface area contributed by atoms with Crippen LogP contribution in [0.25, 0.3) is 0 Å². The van der Waals surface area contributed by atoms with Crippen molar-refractivity contribution in [3.05, 3.63) is 47.3 Å². The minimum Gasteiger partial charge on any atom is -0.496 e. The summed E-state index contributed by atoms with van der Waals surface area (Å²) < 4.78 is 10.8. The van der Waals surface area contributed by atoms with Crippen LogP contribution in [0.15, 0.2) is 34.9 Å². The number of rotatable bonds is 4. The number of hydrogen-bond acceptors (Lipinski definition) is 5. The van der Waals surface area contributed by atoms with E-state index in [4.69, 9.17) is 9.26 Å². The summed E-state index contributed by atoms with van der Waals surface area (Å²) in [4.78, 5) is 14.6. The fourth-order valence-corrected chi connectivity index (χ4v) is 3.21. The molecule has 1 aliphatic carbocycles. The molecule has 1 saturated carbocycles. The van der Waals surface area contributed by atoms with Gasteiger partial charge in [0.05, 0.1) is 13.2 Å². The number of carbonyl (C=O) groups is 1. The lowest BCUT2D eigenvalue weighted by Crippen LogP contribution is -2.48. The fraction of sp³-hybridized carbons (Fsp3) is 0.444. The summed E-state index contributed by atoms with van der Waals surface area (Å²) in [5, 5.41) is 7.43. The predicted molar refractivity (Wildman–Crippen MR) is 88.1 cm³/mol. The lowest BCUT2D eigenvalue weighted by Gasteiger charge is -2.34. The number of aromatic nitrogens is 1. The van der Waals surface area contributed by atoms with Crippen molar-refractivity contribution in [2.75, 3.05) is 26.7 Å². The van der Waals surface area contributed by atoms with E-state index in [9.17, 15) is 4.79 Å². The van der Waals surface area contributed by atoms with Crippen LogP contribution in [0.1, 0.15) is 46.6 Å². The molecular weight excluding hydrogens is 306 g/mol. The third-order valence-corrected chi connectivity index (χ3v) is 4.70. The van der Waals surface area contributed by atoms with Crippen molar-refractivity contribution < 1.29 is 14.1 Å². The third kappa shape index (κ3) is 2.89. The first-order valence-corrected chi connectivity index (χ1v) is 8.38. The van der Waals surface area contributed by atoms with Gasteiger partial charge in [0.2, 0.25) is 0 Å². The fourth-order valence-electron chi connectivity index (χ4n) is 3.21. The van der Waals surface area contributed by atoms with Crippen LogP contribution >= 0.6 is 0 Å². The zero-order chi connectivity index (χ0) is 16.5. The molecule has 1 aromatic carbocycles. The van der Waals surface area contributed by atoms with Crippen LogP contribution in [0.2, 0.25) is 0 Å². The lowest BCUT2D eigenvalue weighted by molar-refractivity contribution is 0.0691. The van der Waals surface area contributed by atoms with Gasteiger partial charge in [-0.3, -0.25) is 4.79 Å². The maximum absolute atomic E-state index is 12.7. The lowest BCUT2D eigenvalue weighted by atomic mass is 10.0. The Kier molecular flexibility index (Phi) is 3.98. The maximum Gasteiger partial charge on any atom is 0.276 e. The Morgan fingerprint density at radius 2 is 2.21 bits per heavy atom. The average Bonchev–Trinajstić information content (AvgIpc) is 3.38. The highest BCUT2D eigenvalue weighted by molar-refractivity contribution is 5.92. The summed E-state index contributed by atoms with van der Waals surface area (Å²) in [6, 6.07) is 9.76. The van der Waals surface area contributed by atoms with Gasteiger partial charge >= 0.3 is 0 Å². The highest BCUT2D eigenvalue weighted by atomic mass is 16.5. The van der Waals surface area contributed by atoms with Gasteiger partial charge < -0.3 is 19.5 Å². The van der Waals surface area contributed by atoms with E-state index >= 15 is 0 Å². The van der Waals surface area contributed by atoms with Crippen molar-refractivity contribution >= 4 is 5.91 Å². The number of methoxy groups -OCH3 is 1. The first-order valence-electron chi connectivity index (χ1n) is 8.38. The average molecular weight is 327 g/mol. The van der Waals surface area contributed by atoms with Crippen molar-refractivity contribution in [3.63, 3.8) is 0 Å². The molecule has 1 atom stereocenters. The summed E-state index contributed by atoms with van der Waals surface area (Å²) in [5.74, 6) is 2.08. The van der Waals surface area contributed by atoms with E-state index in [1.807, 2.05) is 29.2 Å². The van der Waals surface area contributed by atoms with Crippen LogP contribution in [0.4, 0.5) is 0 Å². The van der Waals surface area contributed by atoms with Gasteiger partial charge in [-0.05, 0) is 18.9 Å². The predicted octanol–water partition coefficient (Wildman–Crippen LogP) is 2.35. The molecule has 1 amide bonds. The normalized spacial score (nSPS) is 20.9. The molecule has 1 aliphatic heterocycles. The molecule has 0 radical (unpaired) electrons. The standard InChI is InChI=1S/C18H21N3O3/c1-23-16-5-3-2-4-13(16)15-11-21(9-8-19-15)18(22)14-10-17(24-20-14)12-6-7-12/h2-5,10,12,15,19H,6-9,11H2,1H3. The topological polar surface area (TPSA) is 67.6 Å². The zero-order valence-electron chi connectivity index (χ0n) is 13.7. The molecule has 2 heterocycles. The molecule has 2 fully saturated rings. The van der Waals surface area contributed by atoms with Crippen molar-refractivity contribution in [3.8, 4) is 5.75 Å². The molecule has 126 valence electrons. The molecule has 6 nitrogen and oxygen atoms in total. The molecule has 2 aliphatic rings. The van der Waals surface area contributed by atoms with Crippen LogP contribution in [0.3, 0.4) is 0 Å². The van der Waals surface area contributed by atoms with Gasteiger partial charge in [0.1, 0.15) is 11.5 Å². The summed E-state index contributed by atoms with van der Waals surface area (Å²) in [7, 11) is 1.67. The van der Waals surface area contributed by atoms with Gasteiger partial charge in [0.15, 0.2) is 5.69 Å². The molecule has 1 unspecified atom stereocenters. The second-order valence-electron chi connectivity index (χ2n) is 6.39. The van der Waals surface area contributed by atoms with Crippen LogP contribution < -0.4 is 10.1 Å². The zero-order valence-corrected chi connectivity index (χ0v) is 13.7. The van der Waals surface area contributed by atoms with E-state index in [2.05, 4.69) is 10.5 Å². The van der Waals surface area contributed by atoms with Crippen molar-refractivity contribution in [1.82, 2.24) is 15.4 Å². The van der Waals surface area contributed by atoms with Gasteiger partial charge in [-0.25, -0.2) is 0 Å². The Bertz CT molecular complexity index is 739. The minimum atomic E-state index is -0.0629. The number of piperazine rings is 1. The second kappa shape index (κ2) is 6.28. The van der Waals surface area contributed by atoms with Crippen LogP contribution in [-0.4, -0.2) is 42.7 Å². The van der Waals surface area contributed by atoms with Gasteiger partial charge in [-0.15, -0.1) is 0 Å². The molecule has 0 bridgehead atoms. The number of benzene rings is 1. The summed E-state index contributed by atoms with van der Waals surface area (Å²) in [6.45, 7) is 1.99. The van der Waals surface area contributed by atoms with Crippen molar-refractivity contribution in [2.45, 2.75) is 24.8 Å². The Hall–Kier alpha value is -2.34. The highest BCUT2D eigenvalue weighted by Gasteiger charge is 2.31. The Morgan fingerprint density at radius 1 is 1.38 bits per heavy atom. The largest absolute Gasteiger partial charge is 0.496 e. The van der Waals surface area contributed by atoms with E-state index in [1.54, 1.807) is 13.2 Å². The number of amides is 1. The first kappa shape index (κ1) is 15.2. The van der Waals surface area contributed by atoms with Crippen molar-refractivity contribution in [2.24, 2.45) is 0 Å². The molecule has 24 heavy (non-hydrogen) atoms. The number of nitrogens with one attached hydrogen (secondary N) is 1. The molecule has 1 saturated heterocycles. The third-order valence-electron chi connectivity index (χ3n) is 4.70. The number of ether oxygens (including phenoxy) is 1. The van der Waals surface area contributed by atoms with Gasteiger partial charge in [-0.2, -0.15) is 0 Å². The van der Waals surface area contributed by atoms with Crippen LogP contribution in [0, 0.1) is 0 Å². The molecule has 4 rings (SSSR count). The summed E-state index contributed by atoms with van der Waals surface area (Å²) >= 11 is 0. The maximum atomic E-state index is 12.7. The Morgan fingerprint density at radius 3 is 3.00 bits per heavy atom. The SMILES string of the molecule is COc1ccccc1C1CN(C(=O)c2cc(C3CC3)on2)CCN1. The van der Waals surface area contributed by atoms with E-state index in [-0.39, 0.29) is 11.9 Å². The molecule has 1 aromatic heterocycles. The van der Waals surface area contributed by atoms with Gasteiger partial charge in [0, 0.05) is 37.2 Å². The highest BCUT2D eigenvalue weighted by Crippen LogP contribution is 2.40. The van der Waals surface area contributed by atoms with E-state index in [1.165, 1.54) is 0 Å². The van der Waals surface area contributed by atoms with E-state index < -0.39 is 0 Å². The summed E-state index contributed by atoms with van der Waals surface area (Å²) in [5.41, 5.74) is 1.48. The van der Waals surface area contributed by atoms with Gasteiger partial charge in [0.25, 0.3) is 5.91 Å². The first-order chi connectivity index (χ1) is 11.8. The van der Waals surface area contributed by atoms with Crippen LogP contribution in [0.5, 0.6) is 5.75 Å². The number of nitrogens with zero attached hydrogens (tertiary/aromatic N) is 2. The molecule has 2 aromatic rings. The molecule has 6 heteroatoms. The van der Waals surface area contributed by atoms with Crippen LogP contribution in [-0.2, 0) is 0 Å². The second-order valence-corrected chi connectivity index (χ2v) is 6.39. The number of carbonyl (C=O) groups excluding carboxylic acids is 1. The summed E-state index contributed by atoms with van der Waals surface area (Å²) in [6.07, 6.45) is 2.26. The monoisotopic (exact) mass is 327 g/mol. The Labute approximate surface area is 140 Å². The van der Waals surface area contributed by atoms with E-state index in [0.29, 0.717) is 24.7 Å².